The quantitative estimate of drug-likeness (QED) is 0.820. The van der Waals surface area contributed by atoms with Crippen LogP contribution in [0.1, 0.15) is 53.5 Å². The molecule has 28 heavy (non-hydrogen) atoms. The third-order valence-corrected chi connectivity index (χ3v) is 4.97. The van der Waals surface area contributed by atoms with Gasteiger partial charge in [0.05, 0.1) is 12.2 Å². The van der Waals surface area contributed by atoms with E-state index in [-0.39, 0.29) is 17.2 Å². The van der Waals surface area contributed by atoms with Crippen molar-refractivity contribution in [2.45, 2.75) is 32.6 Å². The number of anilines is 2. The summed E-state index contributed by atoms with van der Waals surface area (Å²) in [6.45, 7) is 6.12. The van der Waals surface area contributed by atoms with Crippen molar-refractivity contribution >= 4 is 29.2 Å². The first-order valence-electron chi connectivity index (χ1n) is 9.22. The maximum atomic E-state index is 12.6. The molecule has 1 aliphatic heterocycles. The Balaban J connectivity index is 1.80. The van der Waals surface area contributed by atoms with E-state index in [2.05, 4.69) is 5.32 Å². The van der Waals surface area contributed by atoms with Gasteiger partial charge in [-0.25, -0.2) is 4.79 Å². The summed E-state index contributed by atoms with van der Waals surface area (Å²) >= 11 is 0. The molecule has 1 N–H and O–H groups in total. The zero-order valence-electron chi connectivity index (χ0n) is 16.5. The van der Waals surface area contributed by atoms with Gasteiger partial charge in [0.25, 0.3) is 5.91 Å². The minimum Gasteiger partial charge on any atom is -0.462 e. The van der Waals surface area contributed by atoms with Crippen LogP contribution in [0.5, 0.6) is 0 Å². The van der Waals surface area contributed by atoms with Gasteiger partial charge in [-0.3, -0.25) is 9.59 Å². The molecule has 146 valence electrons. The zero-order valence-corrected chi connectivity index (χ0v) is 16.5. The summed E-state index contributed by atoms with van der Waals surface area (Å²) in [5.74, 6) is -0.658. The Morgan fingerprint density at radius 2 is 1.75 bits per heavy atom. The number of hydrogen-bond acceptors (Lipinski definition) is 4. The fourth-order valence-corrected chi connectivity index (χ4v) is 3.36. The minimum absolute atomic E-state index is 0.0514. The van der Waals surface area contributed by atoms with Crippen molar-refractivity contribution < 1.29 is 19.1 Å². The third-order valence-electron chi connectivity index (χ3n) is 4.97. The fourth-order valence-electron chi connectivity index (χ4n) is 3.36. The van der Waals surface area contributed by atoms with Crippen LogP contribution in [0.2, 0.25) is 0 Å². The highest BCUT2D eigenvalue weighted by atomic mass is 16.5. The van der Waals surface area contributed by atoms with Gasteiger partial charge in [0.1, 0.15) is 0 Å². The SMILES string of the molecule is CCOC(=O)c1ccc(C(=O)Nc2ccc3c(c2)N(C)C(=O)CC3(C)C)cc1. The summed E-state index contributed by atoms with van der Waals surface area (Å²) in [5.41, 5.74) is 3.06. The van der Waals surface area contributed by atoms with Crippen LogP contribution in [0.25, 0.3) is 0 Å². The second-order valence-corrected chi connectivity index (χ2v) is 7.50. The molecule has 0 spiro atoms. The first kappa shape index (κ1) is 19.6. The zero-order chi connectivity index (χ0) is 20.5. The molecule has 0 fully saturated rings. The van der Waals surface area contributed by atoms with Crippen molar-refractivity contribution in [1.82, 2.24) is 0 Å². The number of rotatable bonds is 4. The Kier molecular flexibility index (Phi) is 5.23. The Hall–Kier alpha value is -3.15. The molecular formula is C22H24N2O4. The number of amides is 2. The van der Waals surface area contributed by atoms with Crippen LogP contribution in [-0.2, 0) is 14.9 Å². The predicted octanol–water partition coefficient (Wildman–Crippen LogP) is 3.76. The molecule has 0 aromatic heterocycles. The summed E-state index contributed by atoms with van der Waals surface area (Å²) in [6, 6.07) is 11.9. The van der Waals surface area contributed by atoms with E-state index in [4.69, 9.17) is 4.74 Å². The highest BCUT2D eigenvalue weighted by molar-refractivity contribution is 6.05. The summed E-state index contributed by atoms with van der Waals surface area (Å²) < 4.78 is 4.94. The van der Waals surface area contributed by atoms with Gasteiger partial charge in [0.2, 0.25) is 5.91 Å². The molecule has 0 unspecified atom stereocenters. The van der Waals surface area contributed by atoms with Gasteiger partial charge in [0.15, 0.2) is 0 Å². The van der Waals surface area contributed by atoms with Crippen LogP contribution in [0.4, 0.5) is 11.4 Å². The van der Waals surface area contributed by atoms with Gasteiger partial charge >= 0.3 is 5.97 Å². The van der Waals surface area contributed by atoms with Crippen LogP contribution in [0.15, 0.2) is 42.5 Å². The summed E-state index contributed by atoms with van der Waals surface area (Å²) in [5, 5.41) is 2.85. The lowest BCUT2D eigenvalue weighted by molar-refractivity contribution is -0.119. The molecule has 0 radical (unpaired) electrons. The van der Waals surface area contributed by atoms with Gasteiger partial charge in [0, 0.05) is 35.8 Å². The standard InChI is InChI=1S/C22H24N2O4/c1-5-28-21(27)15-8-6-14(7-9-15)20(26)23-16-10-11-17-18(12-16)24(4)19(25)13-22(17,2)3/h6-12H,5,13H2,1-4H3,(H,23,26). The number of hydrogen-bond donors (Lipinski definition) is 1. The molecule has 1 aliphatic rings. The molecular weight excluding hydrogens is 356 g/mol. The highest BCUT2D eigenvalue weighted by Crippen LogP contribution is 2.40. The number of esters is 1. The van der Waals surface area contributed by atoms with E-state index >= 15 is 0 Å². The molecule has 6 heteroatoms. The number of benzene rings is 2. The summed E-state index contributed by atoms with van der Waals surface area (Å²) in [7, 11) is 1.75. The van der Waals surface area contributed by atoms with Gasteiger partial charge in [-0.1, -0.05) is 19.9 Å². The molecule has 0 aliphatic carbocycles. The van der Waals surface area contributed by atoms with Gasteiger partial charge < -0.3 is 15.0 Å². The molecule has 0 saturated carbocycles. The maximum absolute atomic E-state index is 12.6. The summed E-state index contributed by atoms with van der Waals surface area (Å²) in [4.78, 5) is 38.2. The monoisotopic (exact) mass is 380 g/mol. The Morgan fingerprint density at radius 3 is 2.39 bits per heavy atom. The van der Waals surface area contributed by atoms with Crippen LogP contribution in [-0.4, -0.2) is 31.4 Å². The fraction of sp³-hybridized carbons (Fsp3) is 0.318. The molecule has 6 nitrogen and oxygen atoms in total. The van der Waals surface area contributed by atoms with Crippen molar-refractivity contribution in [2.24, 2.45) is 0 Å². The summed E-state index contributed by atoms with van der Waals surface area (Å²) in [6.07, 6.45) is 0.453. The average Bonchev–Trinajstić information content (AvgIpc) is 2.66. The Bertz CT molecular complexity index is 932. The van der Waals surface area contributed by atoms with Crippen molar-refractivity contribution in [3.63, 3.8) is 0 Å². The lowest BCUT2D eigenvalue weighted by Gasteiger charge is -2.37. The number of fused-ring (bicyclic) bond motifs is 1. The Morgan fingerprint density at radius 1 is 1.11 bits per heavy atom. The maximum Gasteiger partial charge on any atom is 0.338 e. The smallest absolute Gasteiger partial charge is 0.338 e. The molecule has 2 amide bonds. The second-order valence-electron chi connectivity index (χ2n) is 7.50. The Labute approximate surface area is 164 Å². The van der Waals surface area contributed by atoms with E-state index in [1.54, 1.807) is 43.1 Å². The normalized spacial score (nSPS) is 15.0. The van der Waals surface area contributed by atoms with Gasteiger partial charge in [-0.05, 0) is 48.9 Å². The number of carbonyl (C=O) groups is 3. The molecule has 1 heterocycles. The minimum atomic E-state index is -0.417. The lowest BCUT2D eigenvalue weighted by atomic mass is 9.77. The van der Waals surface area contributed by atoms with E-state index in [1.807, 2.05) is 32.0 Å². The molecule has 2 aromatic carbocycles. The largest absolute Gasteiger partial charge is 0.462 e. The molecule has 0 bridgehead atoms. The van der Waals surface area contributed by atoms with Crippen LogP contribution < -0.4 is 10.2 Å². The molecule has 3 rings (SSSR count). The number of nitrogens with zero attached hydrogens (tertiary/aromatic N) is 1. The van der Waals surface area contributed by atoms with E-state index in [9.17, 15) is 14.4 Å². The topological polar surface area (TPSA) is 75.7 Å². The van der Waals surface area contributed by atoms with E-state index < -0.39 is 5.97 Å². The van der Waals surface area contributed by atoms with Crippen LogP contribution >= 0.6 is 0 Å². The van der Waals surface area contributed by atoms with Crippen molar-refractivity contribution in [2.75, 3.05) is 23.9 Å². The number of carbonyl (C=O) groups excluding carboxylic acids is 3. The molecule has 2 aromatic rings. The first-order valence-corrected chi connectivity index (χ1v) is 9.22. The van der Waals surface area contributed by atoms with E-state index in [0.717, 1.165) is 11.3 Å². The first-order chi connectivity index (χ1) is 13.2. The third kappa shape index (κ3) is 3.76. The van der Waals surface area contributed by atoms with Crippen LogP contribution in [0.3, 0.4) is 0 Å². The highest BCUT2D eigenvalue weighted by Gasteiger charge is 2.35. The number of ether oxygens (including phenoxy) is 1. The molecule has 0 atom stereocenters. The van der Waals surface area contributed by atoms with E-state index in [0.29, 0.717) is 29.8 Å². The van der Waals surface area contributed by atoms with Crippen molar-refractivity contribution in [3.8, 4) is 0 Å². The van der Waals surface area contributed by atoms with Gasteiger partial charge in [-0.2, -0.15) is 0 Å². The second kappa shape index (κ2) is 7.46. The average molecular weight is 380 g/mol. The predicted molar refractivity (Wildman–Crippen MR) is 108 cm³/mol. The van der Waals surface area contributed by atoms with E-state index in [1.165, 1.54) is 0 Å². The molecule has 0 saturated heterocycles. The van der Waals surface area contributed by atoms with Gasteiger partial charge in [-0.15, -0.1) is 0 Å². The van der Waals surface area contributed by atoms with Crippen molar-refractivity contribution in [3.05, 3.63) is 59.2 Å². The van der Waals surface area contributed by atoms with Crippen LogP contribution in [0, 0.1) is 0 Å². The van der Waals surface area contributed by atoms with Crippen molar-refractivity contribution in [1.29, 1.82) is 0 Å². The number of nitrogens with one attached hydrogen (secondary N) is 1. The lowest BCUT2D eigenvalue weighted by Crippen LogP contribution is -2.39.